The van der Waals surface area contributed by atoms with Gasteiger partial charge in [-0.15, -0.1) is 0 Å². The minimum atomic E-state index is -1.16. The van der Waals surface area contributed by atoms with Gasteiger partial charge in [0.1, 0.15) is 11.4 Å². The van der Waals surface area contributed by atoms with Crippen molar-refractivity contribution in [3.63, 3.8) is 0 Å². The lowest BCUT2D eigenvalue weighted by molar-refractivity contribution is 0.0684. The molecule has 6 heteroatoms. The fourth-order valence-corrected chi connectivity index (χ4v) is 1.35. The van der Waals surface area contributed by atoms with E-state index in [1.54, 1.807) is 0 Å². The van der Waals surface area contributed by atoms with E-state index in [9.17, 15) is 9.59 Å². The first-order valence-electron chi connectivity index (χ1n) is 5.64. The minimum absolute atomic E-state index is 0.0820. The Bertz CT molecular complexity index is 434. The zero-order chi connectivity index (χ0) is 13.5. The maximum Gasteiger partial charge on any atom is 0.354 e. The lowest BCUT2D eigenvalue weighted by Crippen LogP contribution is -2.32. The molecule has 0 aliphatic rings. The molecule has 0 spiro atoms. The van der Waals surface area contributed by atoms with Gasteiger partial charge in [-0.25, -0.2) is 9.78 Å². The molecular weight excluding hydrogens is 236 g/mol. The second kappa shape index (κ2) is 6.70. The third kappa shape index (κ3) is 4.14. The molecular formula is C12H16N2O4. The van der Waals surface area contributed by atoms with Crippen LogP contribution in [-0.2, 0) is 4.74 Å². The Kier molecular flexibility index (Phi) is 5.26. The number of ether oxygens (including phenoxy) is 1. The first kappa shape index (κ1) is 14.1. The molecule has 1 atom stereocenters. The second-order valence-corrected chi connectivity index (χ2v) is 3.69. The molecule has 0 saturated heterocycles. The van der Waals surface area contributed by atoms with Gasteiger partial charge in [-0.1, -0.05) is 6.07 Å². The highest BCUT2D eigenvalue weighted by molar-refractivity contribution is 5.94. The van der Waals surface area contributed by atoms with E-state index in [-0.39, 0.29) is 17.5 Å². The molecule has 0 aliphatic carbocycles. The molecule has 18 heavy (non-hydrogen) atoms. The van der Waals surface area contributed by atoms with E-state index in [4.69, 9.17) is 9.84 Å². The summed E-state index contributed by atoms with van der Waals surface area (Å²) in [6.07, 6.45) is -0.0957. The van der Waals surface area contributed by atoms with E-state index in [1.807, 2.05) is 13.8 Å². The molecule has 1 rings (SSSR count). The Morgan fingerprint density at radius 1 is 1.44 bits per heavy atom. The van der Waals surface area contributed by atoms with E-state index < -0.39 is 11.9 Å². The van der Waals surface area contributed by atoms with Gasteiger partial charge in [-0.2, -0.15) is 0 Å². The van der Waals surface area contributed by atoms with Gasteiger partial charge in [0.15, 0.2) is 0 Å². The summed E-state index contributed by atoms with van der Waals surface area (Å²) in [6.45, 7) is 4.64. The van der Waals surface area contributed by atoms with Crippen molar-refractivity contribution in [2.24, 2.45) is 0 Å². The van der Waals surface area contributed by atoms with Crippen LogP contribution in [0.3, 0.4) is 0 Å². The van der Waals surface area contributed by atoms with Crippen LogP contribution in [0.4, 0.5) is 0 Å². The van der Waals surface area contributed by atoms with Gasteiger partial charge in [-0.05, 0) is 26.0 Å². The van der Waals surface area contributed by atoms with Crippen molar-refractivity contribution in [2.45, 2.75) is 20.0 Å². The highest BCUT2D eigenvalue weighted by Crippen LogP contribution is 2.00. The Morgan fingerprint density at radius 2 is 2.11 bits per heavy atom. The summed E-state index contributed by atoms with van der Waals surface area (Å²) in [5.74, 6) is -1.57. The number of carbonyl (C=O) groups is 2. The zero-order valence-electron chi connectivity index (χ0n) is 10.3. The zero-order valence-corrected chi connectivity index (χ0v) is 10.3. The van der Waals surface area contributed by atoms with Crippen LogP contribution in [0.5, 0.6) is 0 Å². The molecule has 0 aliphatic heterocycles. The fraction of sp³-hybridized carbons (Fsp3) is 0.417. The summed E-state index contributed by atoms with van der Waals surface area (Å²) in [5.41, 5.74) is -0.0703. The molecule has 0 bridgehead atoms. The monoisotopic (exact) mass is 252 g/mol. The van der Waals surface area contributed by atoms with Crippen LogP contribution in [0.15, 0.2) is 18.2 Å². The van der Waals surface area contributed by atoms with Crippen LogP contribution in [0.25, 0.3) is 0 Å². The highest BCUT2D eigenvalue weighted by Gasteiger charge is 2.12. The molecule has 1 aromatic rings. The lowest BCUT2D eigenvalue weighted by Gasteiger charge is -2.12. The average molecular weight is 252 g/mol. The highest BCUT2D eigenvalue weighted by atomic mass is 16.5. The maximum atomic E-state index is 11.7. The molecule has 2 N–H and O–H groups in total. The number of hydrogen-bond acceptors (Lipinski definition) is 4. The predicted octanol–water partition coefficient (Wildman–Crippen LogP) is 0.935. The summed E-state index contributed by atoms with van der Waals surface area (Å²) in [4.78, 5) is 26.2. The number of pyridine rings is 1. The van der Waals surface area contributed by atoms with E-state index in [2.05, 4.69) is 10.3 Å². The number of carbonyl (C=O) groups excluding carboxylic acids is 1. The van der Waals surface area contributed by atoms with Crippen molar-refractivity contribution in [1.29, 1.82) is 0 Å². The van der Waals surface area contributed by atoms with Crippen molar-refractivity contribution in [2.75, 3.05) is 13.2 Å². The Labute approximate surface area is 105 Å². The molecule has 98 valence electrons. The molecule has 1 unspecified atom stereocenters. The number of hydrogen-bond donors (Lipinski definition) is 2. The SMILES string of the molecule is CCOC(C)CNC(=O)c1cccc(C(=O)O)n1. The number of aromatic nitrogens is 1. The molecule has 1 amide bonds. The van der Waals surface area contributed by atoms with Crippen LogP contribution < -0.4 is 5.32 Å². The lowest BCUT2D eigenvalue weighted by atomic mass is 10.3. The molecule has 0 saturated carbocycles. The molecule has 0 radical (unpaired) electrons. The first-order chi connectivity index (χ1) is 8.54. The van der Waals surface area contributed by atoms with Crippen LogP contribution >= 0.6 is 0 Å². The quantitative estimate of drug-likeness (QED) is 0.786. The number of nitrogens with one attached hydrogen (secondary N) is 1. The van der Waals surface area contributed by atoms with E-state index in [1.165, 1.54) is 18.2 Å². The van der Waals surface area contributed by atoms with Gasteiger partial charge >= 0.3 is 5.97 Å². The molecule has 1 heterocycles. The van der Waals surface area contributed by atoms with E-state index in [0.717, 1.165) is 0 Å². The third-order valence-corrected chi connectivity index (χ3v) is 2.20. The number of carboxylic acid groups (broad SMARTS) is 1. The van der Waals surface area contributed by atoms with Crippen molar-refractivity contribution in [3.05, 3.63) is 29.6 Å². The largest absolute Gasteiger partial charge is 0.477 e. The third-order valence-electron chi connectivity index (χ3n) is 2.20. The summed E-state index contributed by atoms with van der Waals surface area (Å²) >= 11 is 0. The Balaban J connectivity index is 2.61. The Hall–Kier alpha value is -1.95. The maximum absolute atomic E-state index is 11.7. The standard InChI is InChI=1S/C12H16N2O4/c1-3-18-8(2)7-13-11(15)9-5-4-6-10(14-9)12(16)17/h4-6,8H,3,7H2,1-2H3,(H,13,15)(H,16,17). The van der Waals surface area contributed by atoms with Crippen LogP contribution in [0, 0.1) is 0 Å². The predicted molar refractivity (Wildman–Crippen MR) is 64.6 cm³/mol. The summed E-state index contributed by atoms with van der Waals surface area (Å²) in [6, 6.07) is 4.28. The van der Waals surface area contributed by atoms with Crippen molar-refractivity contribution in [1.82, 2.24) is 10.3 Å². The summed E-state index contributed by atoms with van der Waals surface area (Å²) < 4.78 is 5.26. The number of nitrogens with zero attached hydrogens (tertiary/aromatic N) is 1. The number of amides is 1. The average Bonchev–Trinajstić information content (AvgIpc) is 2.36. The van der Waals surface area contributed by atoms with Gasteiger partial charge in [0.05, 0.1) is 6.10 Å². The van der Waals surface area contributed by atoms with E-state index in [0.29, 0.717) is 13.2 Å². The van der Waals surface area contributed by atoms with Crippen LogP contribution in [0.2, 0.25) is 0 Å². The van der Waals surface area contributed by atoms with Gasteiger partial charge in [0.25, 0.3) is 5.91 Å². The van der Waals surface area contributed by atoms with Gasteiger partial charge < -0.3 is 15.2 Å². The molecule has 1 aromatic heterocycles. The molecule has 0 aromatic carbocycles. The van der Waals surface area contributed by atoms with Crippen molar-refractivity contribution >= 4 is 11.9 Å². The second-order valence-electron chi connectivity index (χ2n) is 3.69. The van der Waals surface area contributed by atoms with E-state index >= 15 is 0 Å². The smallest absolute Gasteiger partial charge is 0.354 e. The number of carboxylic acids is 1. The van der Waals surface area contributed by atoms with Crippen molar-refractivity contribution < 1.29 is 19.4 Å². The molecule has 6 nitrogen and oxygen atoms in total. The normalized spacial score (nSPS) is 11.9. The fourth-order valence-electron chi connectivity index (χ4n) is 1.35. The van der Waals surface area contributed by atoms with Crippen molar-refractivity contribution in [3.8, 4) is 0 Å². The number of aromatic carboxylic acids is 1. The summed E-state index contributed by atoms with van der Waals surface area (Å²) in [7, 11) is 0. The van der Waals surface area contributed by atoms with Crippen LogP contribution in [-0.4, -0.2) is 41.2 Å². The first-order valence-corrected chi connectivity index (χ1v) is 5.64. The van der Waals surface area contributed by atoms with Crippen LogP contribution in [0.1, 0.15) is 34.8 Å². The Morgan fingerprint density at radius 3 is 2.72 bits per heavy atom. The summed E-state index contributed by atoms with van der Waals surface area (Å²) in [5, 5.41) is 11.4. The molecule has 0 fully saturated rings. The van der Waals surface area contributed by atoms with Gasteiger partial charge in [-0.3, -0.25) is 4.79 Å². The number of rotatable bonds is 6. The minimum Gasteiger partial charge on any atom is -0.477 e. The van der Waals surface area contributed by atoms with Gasteiger partial charge in [0, 0.05) is 13.2 Å². The van der Waals surface area contributed by atoms with Gasteiger partial charge in [0.2, 0.25) is 0 Å². The topological polar surface area (TPSA) is 88.5 Å².